The van der Waals surface area contributed by atoms with E-state index in [1.807, 2.05) is 7.05 Å². The maximum Gasteiger partial charge on any atom is 0.185 e. The molecule has 0 amide bonds. The molecule has 0 bridgehead atoms. The zero-order chi connectivity index (χ0) is 12.2. The molecule has 0 saturated heterocycles. The Morgan fingerprint density at radius 2 is 2.25 bits per heavy atom. The van der Waals surface area contributed by atoms with Crippen molar-refractivity contribution in [2.24, 2.45) is 7.05 Å². The molecule has 2 N–H and O–H groups in total. The Morgan fingerprint density at radius 3 is 2.75 bits per heavy atom. The van der Waals surface area contributed by atoms with Crippen LogP contribution in [0.3, 0.4) is 0 Å². The van der Waals surface area contributed by atoms with Crippen LogP contribution < -0.4 is 5.32 Å². The van der Waals surface area contributed by atoms with Crippen LogP contribution in [0.1, 0.15) is 20.8 Å². The molecule has 1 unspecified atom stereocenters. The zero-order valence-corrected chi connectivity index (χ0v) is 11.1. The molecular formula is C10H20N4OS. The highest BCUT2D eigenvalue weighted by Crippen LogP contribution is 2.14. The van der Waals surface area contributed by atoms with Gasteiger partial charge in [-0.25, -0.2) is 9.67 Å². The van der Waals surface area contributed by atoms with Crippen molar-refractivity contribution in [1.82, 2.24) is 20.1 Å². The fourth-order valence-corrected chi connectivity index (χ4v) is 1.88. The lowest BCUT2D eigenvalue weighted by atomic mass is 10.1. The standard InChI is InChI=1S/C10H20N4OS/c1-10(2,3)12-5-8(15)6-16-9-11-7-13-14(9)4/h7-8,12,15H,5-6H2,1-4H3. The molecule has 6 heteroatoms. The zero-order valence-electron chi connectivity index (χ0n) is 10.3. The van der Waals surface area contributed by atoms with Crippen molar-refractivity contribution in [3.63, 3.8) is 0 Å². The number of aryl methyl sites for hydroxylation is 1. The van der Waals surface area contributed by atoms with Gasteiger partial charge < -0.3 is 10.4 Å². The van der Waals surface area contributed by atoms with Gasteiger partial charge in [0.15, 0.2) is 5.16 Å². The second kappa shape index (κ2) is 5.65. The van der Waals surface area contributed by atoms with Gasteiger partial charge in [0.25, 0.3) is 0 Å². The number of aliphatic hydroxyl groups is 1. The summed E-state index contributed by atoms with van der Waals surface area (Å²) in [4.78, 5) is 4.08. The monoisotopic (exact) mass is 244 g/mol. The number of nitrogens with zero attached hydrogens (tertiary/aromatic N) is 3. The van der Waals surface area contributed by atoms with Gasteiger partial charge >= 0.3 is 0 Å². The van der Waals surface area contributed by atoms with E-state index in [0.717, 1.165) is 5.16 Å². The molecule has 0 spiro atoms. The number of thioether (sulfide) groups is 1. The van der Waals surface area contributed by atoms with Gasteiger partial charge in [0.05, 0.1) is 6.10 Å². The summed E-state index contributed by atoms with van der Waals surface area (Å²) in [5.74, 6) is 0.621. The van der Waals surface area contributed by atoms with Crippen LogP contribution in [0.4, 0.5) is 0 Å². The Morgan fingerprint density at radius 1 is 1.56 bits per heavy atom. The summed E-state index contributed by atoms with van der Waals surface area (Å²) in [6.07, 6.45) is 1.14. The van der Waals surface area contributed by atoms with Gasteiger partial charge in [0.2, 0.25) is 0 Å². The fraction of sp³-hybridized carbons (Fsp3) is 0.800. The first kappa shape index (κ1) is 13.5. The van der Waals surface area contributed by atoms with Gasteiger partial charge in [-0.05, 0) is 20.8 Å². The smallest absolute Gasteiger partial charge is 0.185 e. The summed E-state index contributed by atoms with van der Waals surface area (Å²) in [5, 5.41) is 17.8. The summed E-state index contributed by atoms with van der Waals surface area (Å²) >= 11 is 1.51. The van der Waals surface area contributed by atoms with Gasteiger partial charge in [-0.15, -0.1) is 0 Å². The van der Waals surface area contributed by atoms with Crippen molar-refractivity contribution in [3.8, 4) is 0 Å². The lowest BCUT2D eigenvalue weighted by Crippen LogP contribution is -2.41. The van der Waals surface area contributed by atoms with E-state index in [1.54, 1.807) is 4.68 Å². The van der Waals surface area contributed by atoms with Crippen LogP contribution in [0.15, 0.2) is 11.5 Å². The topological polar surface area (TPSA) is 63.0 Å². The van der Waals surface area contributed by atoms with E-state index in [-0.39, 0.29) is 11.6 Å². The minimum absolute atomic E-state index is 0.0381. The molecule has 0 saturated carbocycles. The first-order valence-corrected chi connectivity index (χ1v) is 6.27. The van der Waals surface area contributed by atoms with Gasteiger partial charge in [0, 0.05) is 24.9 Å². The third-order valence-electron chi connectivity index (χ3n) is 1.94. The van der Waals surface area contributed by atoms with E-state index in [4.69, 9.17) is 0 Å². The molecule has 0 aliphatic rings. The Bertz CT molecular complexity index is 321. The second-order valence-corrected chi connectivity index (χ2v) is 5.75. The Hall–Kier alpha value is -0.590. The average Bonchev–Trinajstić information content (AvgIpc) is 2.57. The molecular weight excluding hydrogens is 224 g/mol. The van der Waals surface area contributed by atoms with Crippen LogP contribution in [0.2, 0.25) is 0 Å². The van der Waals surface area contributed by atoms with Crippen molar-refractivity contribution < 1.29 is 5.11 Å². The quantitative estimate of drug-likeness (QED) is 0.745. The molecule has 1 heterocycles. The van der Waals surface area contributed by atoms with Crippen molar-refractivity contribution in [2.45, 2.75) is 37.6 Å². The maximum absolute atomic E-state index is 9.76. The van der Waals surface area contributed by atoms with Crippen molar-refractivity contribution in [1.29, 1.82) is 0 Å². The highest BCUT2D eigenvalue weighted by Gasteiger charge is 2.13. The van der Waals surface area contributed by atoms with E-state index in [0.29, 0.717) is 12.3 Å². The summed E-state index contributed by atoms with van der Waals surface area (Å²) in [6, 6.07) is 0. The maximum atomic E-state index is 9.76. The van der Waals surface area contributed by atoms with Crippen LogP contribution in [0, 0.1) is 0 Å². The lowest BCUT2D eigenvalue weighted by Gasteiger charge is -2.22. The van der Waals surface area contributed by atoms with E-state index < -0.39 is 0 Å². The molecule has 1 atom stereocenters. The predicted molar refractivity (Wildman–Crippen MR) is 65.5 cm³/mol. The molecule has 16 heavy (non-hydrogen) atoms. The summed E-state index contributed by atoms with van der Waals surface area (Å²) in [6.45, 7) is 6.83. The highest BCUT2D eigenvalue weighted by molar-refractivity contribution is 7.99. The number of aliphatic hydroxyl groups excluding tert-OH is 1. The molecule has 0 aliphatic heterocycles. The van der Waals surface area contributed by atoms with Crippen molar-refractivity contribution in [2.75, 3.05) is 12.3 Å². The average molecular weight is 244 g/mol. The van der Waals surface area contributed by atoms with E-state index >= 15 is 0 Å². The second-order valence-electron chi connectivity index (χ2n) is 4.76. The van der Waals surface area contributed by atoms with E-state index in [2.05, 4.69) is 36.2 Å². The van der Waals surface area contributed by atoms with E-state index in [9.17, 15) is 5.11 Å². The number of rotatable bonds is 5. The van der Waals surface area contributed by atoms with Gasteiger partial charge in [-0.3, -0.25) is 0 Å². The van der Waals surface area contributed by atoms with Crippen LogP contribution in [-0.4, -0.2) is 43.8 Å². The predicted octanol–water partition coefficient (Wildman–Crippen LogP) is 0.656. The molecule has 5 nitrogen and oxygen atoms in total. The number of aromatic nitrogens is 3. The van der Waals surface area contributed by atoms with Gasteiger partial charge in [0.1, 0.15) is 6.33 Å². The molecule has 0 aliphatic carbocycles. The first-order valence-electron chi connectivity index (χ1n) is 5.28. The van der Waals surface area contributed by atoms with Crippen molar-refractivity contribution >= 4 is 11.8 Å². The minimum atomic E-state index is -0.374. The summed E-state index contributed by atoms with van der Waals surface area (Å²) < 4.78 is 1.70. The van der Waals surface area contributed by atoms with E-state index in [1.165, 1.54) is 18.1 Å². The Balaban J connectivity index is 2.25. The van der Waals surface area contributed by atoms with Gasteiger partial charge in [-0.1, -0.05) is 11.8 Å². The summed E-state index contributed by atoms with van der Waals surface area (Å²) in [5.41, 5.74) is 0.0381. The van der Waals surface area contributed by atoms with Crippen LogP contribution in [0.5, 0.6) is 0 Å². The van der Waals surface area contributed by atoms with Crippen molar-refractivity contribution in [3.05, 3.63) is 6.33 Å². The third kappa shape index (κ3) is 4.96. The molecule has 1 aromatic rings. The minimum Gasteiger partial charge on any atom is -0.391 e. The highest BCUT2D eigenvalue weighted by atomic mass is 32.2. The first-order chi connectivity index (χ1) is 7.38. The normalized spacial score (nSPS) is 14.1. The fourth-order valence-electron chi connectivity index (χ4n) is 1.07. The Kier molecular flexibility index (Phi) is 4.76. The number of β-amino-alcohol motifs (C(OH)–C–C–N with tert-alkyl or cyclic N) is 1. The largest absolute Gasteiger partial charge is 0.391 e. The van der Waals surface area contributed by atoms with Crippen LogP contribution in [0.25, 0.3) is 0 Å². The van der Waals surface area contributed by atoms with Crippen LogP contribution >= 0.6 is 11.8 Å². The lowest BCUT2D eigenvalue weighted by molar-refractivity contribution is 0.183. The number of nitrogens with one attached hydrogen (secondary N) is 1. The molecule has 92 valence electrons. The molecule has 1 rings (SSSR count). The Labute approximate surface area is 101 Å². The summed E-state index contributed by atoms with van der Waals surface area (Å²) in [7, 11) is 1.84. The molecule has 0 radical (unpaired) electrons. The molecule has 0 fully saturated rings. The number of hydrogen-bond donors (Lipinski definition) is 2. The van der Waals surface area contributed by atoms with Gasteiger partial charge in [-0.2, -0.15) is 5.10 Å². The molecule has 0 aromatic carbocycles. The number of hydrogen-bond acceptors (Lipinski definition) is 5. The molecule has 1 aromatic heterocycles. The third-order valence-corrected chi connectivity index (χ3v) is 3.12. The van der Waals surface area contributed by atoms with Crippen LogP contribution in [-0.2, 0) is 7.05 Å². The SMILES string of the molecule is Cn1ncnc1SCC(O)CNC(C)(C)C.